The van der Waals surface area contributed by atoms with E-state index >= 15 is 0 Å². The highest BCUT2D eigenvalue weighted by Crippen LogP contribution is 2.28. The van der Waals surface area contributed by atoms with Crippen molar-refractivity contribution < 1.29 is 33.3 Å². The third-order valence-corrected chi connectivity index (χ3v) is 4.09. The van der Waals surface area contributed by atoms with Gasteiger partial charge in [-0.05, 0) is 30.0 Å². The number of methoxy groups -OCH3 is 3. The van der Waals surface area contributed by atoms with Gasteiger partial charge >= 0.3 is 17.9 Å². The summed E-state index contributed by atoms with van der Waals surface area (Å²) < 4.78 is 19.5. The molecule has 7 nitrogen and oxygen atoms in total. The molecule has 0 fully saturated rings. The molecule has 0 amide bonds. The van der Waals surface area contributed by atoms with Crippen LogP contribution in [-0.4, -0.2) is 45.8 Å². The predicted octanol–water partition coefficient (Wildman–Crippen LogP) is 2.02. The van der Waals surface area contributed by atoms with E-state index in [-0.39, 0.29) is 12.5 Å². The topological polar surface area (TPSA) is 88.1 Å². The number of carbonyl (C=O) groups excluding carboxylic acids is 3. The van der Waals surface area contributed by atoms with Crippen LogP contribution in [0.2, 0.25) is 0 Å². The first kappa shape index (κ1) is 21.5. The van der Waals surface area contributed by atoms with Gasteiger partial charge in [0.05, 0.1) is 33.2 Å². The molecule has 1 aromatic rings. The maximum Gasteiger partial charge on any atom is 0.343 e. The molecule has 0 heterocycles. The Morgan fingerprint density at radius 3 is 1.92 bits per heavy atom. The van der Waals surface area contributed by atoms with E-state index in [1.807, 2.05) is 13.8 Å². The van der Waals surface area contributed by atoms with Gasteiger partial charge < -0.3 is 18.9 Å². The molecule has 1 rings (SSSR count). The molecule has 0 saturated heterocycles. The summed E-state index contributed by atoms with van der Waals surface area (Å²) in [5.41, 5.74) is 0.834. The van der Waals surface area contributed by atoms with Crippen molar-refractivity contribution in [2.24, 2.45) is 17.8 Å². The summed E-state index contributed by atoms with van der Waals surface area (Å²) in [6.07, 6.45) is 0.321. The van der Waals surface area contributed by atoms with Crippen molar-refractivity contribution in [3.8, 4) is 5.75 Å². The van der Waals surface area contributed by atoms with Gasteiger partial charge in [-0.15, -0.1) is 0 Å². The van der Waals surface area contributed by atoms with E-state index in [0.29, 0.717) is 12.2 Å². The normalized spacial score (nSPS) is 12.8. The largest absolute Gasteiger partial charge is 0.482 e. The number of hydrogen-bond donors (Lipinski definition) is 0. The highest BCUT2D eigenvalue weighted by atomic mass is 16.6. The molecule has 1 aromatic carbocycles. The number of esters is 3. The molecule has 26 heavy (non-hydrogen) atoms. The van der Waals surface area contributed by atoms with Crippen LogP contribution in [0.15, 0.2) is 24.3 Å². The van der Waals surface area contributed by atoms with Crippen molar-refractivity contribution in [1.29, 1.82) is 0 Å². The van der Waals surface area contributed by atoms with Crippen molar-refractivity contribution in [1.82, 2.24) is 0 Å². The minimum atomic E-state index is -0.658. The second-order valence-electron chi connectivity index (χ2n) is 6.14. The lowest BCUT2D eigenvalue weighted by atomic mass is 9.80. The molecular weight excluding hydrogens is 340 g/mol. The lowest BCUT2D eigenvalue weighted by Crippen LogP contribution is -2.36. The molecule has 2 atom stereocenters. The quantitative estimate of drug-likeness (QED) is 0.488. The highest BCUT2D eigenvalue weighted by Gasteiger charge is 2.37. The number of ether oxygens (including phenoxy) is 4. The van der Waals surface area contributed by atoms with Crippen molar-refractivity contribution in [2.75, 3.05) is 27.9 Å². The van der Waals surface area contributed by atoms with E-state index in [9.17, 15) is 14.4 Å². The van der Waals surface area contributed by atoms with Gasteiger partial charge in [0.1, 0.15) is 5.75 Å². The lowest BCUT2D eigenvalue weighted by molar-refractivity contribution is -0.159. The summed E-state index contributed by atoms with van der Waals surface area (Å²) in [5, 5.41) is 0. The fraction of sp³-hybridized carbons (Fsp3) is 0.526. The Balaban J connectivity index is 2.92. The Morgan fingerprint density at radius 2 is 1.46 bits per heavy atom. The second-order valence-corrected chi connectivity index (χ2v) is 6.14. The zero-order valence-electron chi connectivity index (χ0n) is 15.8. The van der Waals surface area contributed by atoms with Crippen LogP contribution in [-0.2, 0) is 35.0 Å². The zero-order chi connectivity index (χ0) is 19.7. The SMILES string of the molecule is COC(=O)COc1ccc(CC(C(=O)OC)C(C(=O)OC)C(C)C)cc1. The van der Waals surface area contributed by atoms with Crippen LogP contribution in [0, 0.1) is 17.8 Å². The lowest BCUT2D eigenvalue weighted by Gasteiger charge is -2.26. The molecule has 0 aliphatic carbocycles. The third-order valence-electron chi connectivity index (χ3n) is 4.09. The molecule has 144 valence electrons. The Kier molecular flexibility index (Phi) is 8.61. The molecule has 0 aliphatic rings. The molecule has 2 unspecified atom stereocenters. The summed E-state index contributed by atoms with van der Waals surface area (Å²) >= 11 is 0. The fourth-order valence-corrected chi connectivity index (χ4v) is 2.72. The Hall–Kier alpha value is -2.57. The first-order valence-electron chi connectivity index (χ1n) is 8.28. The van der Waals surface area contributed by atoms with Crippen LogP contribution in [0.25, 0.3) is 0 Å². The summed E-state index contributed by atoms with van der Waals surface area (Å²) in [6, 6.07) is 6.93. The van der Waals surface area contributed by atoms with Crippen LogP contribution in [0.5, 0.6) is 5.75 Å². The molecule has 0 radical (unpaired) electrons. The smallest absolute Gasteiger partial charge is 0.343 e. The Bertz CT molecular complexity index is 607. The summed E-state index contributed by atoms with van der Waals surface area (Å²) in [5.74, 6) is -2.22. The maximum atomic E-state index is 12.3. The van der Waals surface area contributed by atoms with E-state index < -0.39 is 29.7 Å². The van der Waals surface area contributed by atoms with E-state index in [2.05, 4.69) is 4.74 Å². The number of rotatable bonds is 9. The highest BCUT2D eigenvalue weighted by molar-refractivity contribution is 5.82. The number of benzene rings is 1. The average Bonchev–Trinajstić information content (AvgIpc) is 2.65. The van der Waals surface area contributed by atoms with Crippen LogP contribution >= 0.6 is 0 Å². The van der Waals surface area contributed by atoms with Crippen LogP contribution in [0.3, 0.4) is 0 Å². The first-order chi connectivity index (χ1) is 12.3. The van der Waals surface area contributed by atoms with Gasteiger partial charge in [-0.2, -0.15) is 0 Å². The first-order valence-corrected chi connectivity index (χ1v) is 8.28. The molecule has 0 saturated carbocycles. The van der Waals surface area contributed by atoms with Crippen molar-refractivity contribution in [2.45, 2.75) is 20.3 Å². The van der Waals surface area contributed by atoms with E-state index in [0.717, 1.165) is 5.56 Å². The van der Waals surface area contributed by atoms with Crippen molar-refractivity contribution in [3.05, 3.63) is 29.8 Å². The summed E-state index contributed by atoms with van der Waals surface area (Å²) in [7, 11) is 3.89. The van der Waals surface area contributed by atoms with Crippen LogP contribution in [0.4, 0.5) is 0 Å². The number of hydrogen-bond acceptors (Lipinski definition) is 7. The average molecular weight is 366 g/mol. The van der Waals surface area contributed by atoms with E-state index in [1.54, 1.807) is 24.3 Å². The molecule has 7 heteroatoms. The molecule has 0 N–H and O–H groups in total. The standard InChI is InChI=1S/C19H26O7/c1-12(2)17(19(22)25-5)15(18(21)24-4)10-13-6-8-14(9-7-13)26-11-16(20)23-3/h6-9,12,15,17H,10-11H2,1-5H3. The van der Waals surface area contributed by atoms with Crippen molar-refractivity contribution >= 4 is 17.9 Å². The van der Waals surface area contributed by atoms with Gasteiger partial charge in [-0.3, -0.25) is 9.59 Å². The van der Waals surface area contributed by atoms with E-state index in [1.165, 1.54) is 21.3 Å². The van der Waals surface area contributed by atoms with Gasteiger partial charge in [-0.25, -0.2) is 4.79 Å². The van der Waals surface area contributed by atoms with E-state index in [4.69, 9.17) is 14.2 Å². The second kappa shape index (κ2) is 10.4. The van der Waals surface area contributed by atoms with Crippen LogP contribution < -0.4 is 4.74 Å². The minimum absolute atomic E-state index is 0.0887. The maximum absolute atomic E-state index is 12.3. The molecular formula is C19H26O7. The zero-order valence-corrected chi connectivity index (χ0v) is 15.8. The minimum Gasteiger partial charge on any atom is -0.482 e. The Labute approximate surface area is 153 Å². The molecule has 0 bridgehead atoms. The summed E-state index contributed by atoms with van der Waals surface area (Å²) in [4.78, 5) is 35.5. The summed E-state index contributed by atoms with van der Waals surface area (Å²) in [6.45, 7) is 3.54. The van der Waals surface area contributed by atoms with Crippen LogP contribution in [0.1, 0.15) is 19.4 Å². The monoisotopic (exact) mass is 366 g/mol. The predicted molar refractivity (Wildman–Crippen MR) is 93.5 cm³/mol. The van der Waals surface area contributed by atoms with Gasteiger partial charge in [-0.1, -0.05) is 26.0 Å². The van der Waals surface area contributed by atoms with Gasteiger partial charge in [0, 0.05) is 0 Å². The molecule has 0 aromatic heterocycles. The van der Waals surface area contributed by atoms with Gasteiger partial charge in [0.15, 0.2) is 6.61 Å². The van der Waals surface area contributed by atoms with Crippen molar-refractivity contribution in [3.63, 3.8) is 0 Å². The molecule has 0 spiro atoms. The fourth-order valence-electron chi connectivity index (χ4n) is 2.72. The Morgan fingerprint density at radius 1 is 0.885 bits per heavy atom. The molecule has 0 aliphatic heterocycles. The van der Waals surface area contributed by atoms with Gasteiger partial charge in [0.2, 0.25) is 0 Å². The third kappa shape index (κ3) is 6.06. The van der Waals surface area contributed by atoms with Gasteiger partial charge in [0.25, 0.3) is 0 Å². The number of carbonyl (C=O) groups is 3.